The second-order valence-electron chi connectivity index (χ2n) is 5.50. The summed E-state index contributed by atoms with van der Waals surface area (Å²) in [5.41, 5.74) is 6.00. The lowest BCUT2D eigenvalue weighted by Crippen LogP contribution is -2.45. The summed E-state index contributed by atoms with van der Waals surface area (Å²) in [5.74, 6) is 0.680. The molecule has 0 saturated heterocycles. The Morgan fingerprint density at radius 2 is 2.16 bits per heavy atom. The van der Waals surface area contributed by atoms with Crippen molar-refractivity contribution in [2.24, 2.45) is 11.7 Å². The Morgan fingerprint density at radius 1 is 1.42 bits per heavy atom. The van der Waals surface area contributed by atoms with Crippen LogP contribution in [0.25, 0.3) is 0 Å². The first-order valence-corrected chi connectivity index (χ1v) is 8.99. The highest BCUT2D eigenvalue weighted by Gasteiger charge is 2.31. The smallest absolute Gasteiger partial charge is 0.0701 e. The number of thiophene rings is 1. The van der Waals surface area contributed by atoms with Crippen molar-refractivity contribution >= 4 is 27.3 Å². The predicted octanol–water partition coefficient (Wildman–Crippen LogP) is 4.41. The Balaban J connectivity index is 2.13. The van der Waals surface area contributed by atoms with E-state index < -0.39 is 0 Å². The molecule has 0 aliphatic heterocycles. The van der Waals surface area contributed by atoms with Crippen molar-refractivity contribution < 1.29 is 0 Å². The molecule has 4 heteroatoms. The highest BCUT2D eigenvalue weighted by atomic mass is 79.9. The topological polar surface area (TPSA) is 29.3 Å². The minimum absolute atomic E-state index is 0.499. The van der Waals surface area contributed by atoms with Crippen molar-refractivity contribution in [3.05, 3.63) is 20.8 Å². The number of rotatable bonds is 5. The van der Waals surface area contributed by atoms with Crippen molar-refractivity contribution in [1.82, 2.24) is 4.90 Å². The van der Waals surface area contributed by atoms with E-state index in [2.05, 4.69) is 46.8 Å². The number of hydrogen-bond acceptors (Lipinski definition) is 3. The van der Waals surface area contributed by atoms with Crippen LogP contribution in [0.3, 0.4) is 0 Å². The summed E-state index contributed by atoms with van der Waals surface area (Å²) in [7, 11) is 0. The molecule has 1 aromatic rings. The molecule has 2 rings (SSSR count). The van der Waals surface area contributed by atoms with Crippen molar-refractivity contribution in [2.75, 3.05) is 13.1 Å². The molecule has 1 aliphatic rings. The molecule has 1 saturated carbocycles. The summed E-state index contributed by atoms with van der Waals surface area (Å²) in [6.45, 7) is 6.56. The third kappa shape index (κ3) is 3.60. The van der Waals surface area contributed by atoms with Crippen LogP contribution in [-0.2, 0) is 0 Å². The molecule has 2 nitrogen and oxygen atoms in total. The van der Waals surface area contributed by atoms with Gasteiger partial charge in [-0.15, -0.1) is 11.3 Å². The predicted molar refractivity (Wildman–Crippen MR) is 87.6 cm³/mol. The lowest BCUT2D eigenvalue weighted by Gasteiger charge is -2.42. The second-order valence-corrected chi connectivity index (χ2v) is 7.99. The maximum Gasteiger partial charge on any atom is 0.0701 e. The quantitative estimate of drug-likeness (QED) is 0.856. The largest absolute Gasteiger partial charge is 0.330 e. The first-order chi connectivity index (χ1) is 9.17. The summed E-state index contributed by atoms with van der Waals surface area (Å²) < 4.78 is 1.23. The van der Waals surface area contributed by atoms with Crippen LogP contribution < -0.4 is 5.73 Å². The van der Waals surface area contributed by atoms with Gasteiger partial charge in [-0.2, -0.15) is 0 Å². The fourth-order valence-corrected chi connectivity index (χ4v) is 4.91. The average molecular weight is 345 g/mol. The molecule has 0 spiro atoms. The molecule has 1 fully saturated rings. The minimum Gasteiger partial charge on any atom is -0.330 e. The van der Waals surface area contributed by atoms with Gasteiger partial charge in [-0.25, -0.2) is 0 Å². The van der Waals surface area contributed by atoms with E-state index in [4.69, 9.17) is 5.73 Å². The normalized spacial score (nSPS) is 25.7. The van der Waals surface area contributed by atoms with Gasteiger partial charge in [0.25, 0.3) is 0 Å². The summed E-state index contributed by atoms with van der Waals surface area (Å²) in [6, 6.07) is 5.58. The summed E-state index contributed by atoms with van der Waals surface area (Å²) in [4.78, 5) is 4.12. The molecule has 3 unspecified atom stereocenters. The second kappa shape index (κ2) is 7.21. The third-order valence-corrected chi connectivity index (χ3v) is 6.26. The molecule has 19 heavy (non-hydrogen) atoms. The lowest BCUT2D eigenvalue weighted by molar-refractivity contribution is 0.0783. The zero-order valence-electron chi connectivity index (χ0n) is 11.9. The minimum atomic E-state index is 0.499. The van der Waals surface area contributed by atoms with E-state index in [1.165, 1.54) is 34.3 Å². The van der Waals surface area contributed by atoms with Crippen LogP contribution in [0.2, 0.25) is 0 Å². The Labute approximate surface area is 129 Å². The van der Waals surface area contributed by atoms with Gasteiger partial charge in [0.2, 0.25) is 0 Å². The van der Waals surface area contributed by atoms with Crippen LogP contribution in [0.4, 0.5) is 0 Å². The highest BCUT2D eigenvalue weighted by Crippen LogP contribution is 2.36. The van der Waals surface area contributed by atoms with E-state index in [1.54, 1.807) is 0 Å². The molecule has 1 heterocycles. The molecule has 0 aromatic carbocycles. The van der Waals surface area contributed by atoms with Crippen LogP contribution in [-0.4, -0.2) is 24.0 Å². The van der Waals surface area contributed by atoms with Crippen molar-refractivity contribution in [3.8, 4) is 0 Å². The van der Waals surface area contributed by atoms with Gasteiger partial charge in [-0.05, 0) is 66.8 Å². The summed E-state index contributed by atoms with van der Waals surface area (Å²) >= 11 is 5.43. The number of hydrogen-bond donors (Lipinski definition) is 1. The maximum absolute atomic E-state index is 6.00. The first kappa shape index (κ1) is 15.5. The van der Waals surface area contributed by atoms with E-state index in [0.717, 1.165) is 13.1 Å². The first-order valence-electron chi connectivity index (χ1n) is 7.38. The van der Waals surface area contributed by atoms with Crippen LogP contribution in [0.15, 0.2) is 15.9 Å². The molecule has 3 atom stereocenters. The Hall–Kier alpha value is 0.1000. The van der Waals surface area contributed by atoms with Gasteiger partial charge >= 0.3 is 0 Å². The monoisotopic (exact) mass is 344 g/mol. The number of nitrogens with zero attached hydrogens (tertiary/aromatic N) is 1. The van der Waals surface area contributed by atoms with E-state index in [1.807, 2.05) is 11.3 Å². The van der Waals surface area contributed by atoms with E-state index in [-0.39, 0.29) is 0 Å². The number of halogens is 1. The summed E-state index contributed by atoms with van der Waals surface area (Å²) in [5, 5.41) is 0. The molecule has 0 bridgehead atoms. The van der Waals surface area contributed by atoms with Gasteiger partial charge in [-0.3, -0.25) is 4.90 Å². The fraction of sp³-hybridized carbons (Fsp3) is 0.733. The van der Waals surface area contributed by atoms with Gasteiger partial charge in [0.15, 0.2) is 0 Å². The molecular weight excluding hydrogens is 320 g/mol. The lowest BCUT2D eigenvalue weighted by atomic mass is 9.83. The Kier molecular flexibility index (Phi) is 5.87. The van der Waals surface area contributed by atoms with Crippen LogP contribution in [0.5, 0.6) is 0 Å². The van der Waals surface area contributed by atoms with Crippen molar-refractivity contribution in [2.45, 2.75) is 51.6 Å². The fourth-order valence-electron chi connectivity index (χ4n) is 3.41. The Morgan fingerprint density at radius 3 is 2.74 bits per heavy atom. The van der Waals surface area contributed by atoms with Crippen LogP contribution >= 0.6 is 27.3 Å². The Bertz CT molecular complexity index is 393. The molecule has 1 aliphatic carbocycles. The van der Waals surface area contributed by atoms with Gasteiger partial charge in [0, 0.05) is 17.0 Å². The van der Waals surface area contributed by atoms with Gasteiger partial charge in [0.1, 0.15) is 0 Å². The third-order valence-electron chi connectivity index (χ3n) is 4.47. The van der Waals surface area contributed by atoms with E-state index in [0.29, 0.717) is 18.0 Å². The number of nitrogens with two attached hydrogens (primary N) is 1. The molecule has 0 amide bonds. The average Bonchev–Trinajstić information content (AvgIpc) is 2.86. The molecule has 1 aromatic heterocycles. The van der Waals surface area contributed by atoms with E-state index >= 15 is 0 Å². The maximum atomic E-state index is 6.00. The van der Waals surface area contributed by atoms with Crippen molar-refractivity contribution in [1.29, 1.82) is 0 Å². The SMILES string of the molecule is CCN(C(C)c1ccc(Br)s1)C1CCCCC1CN. The zero-order chi connectivity index (χ0) is 13.8. The van der Waals surface area contributed by atoms with Gasteiger partial charge in [-0.1, -0.05) is 19.8 Å². The standard InChI is InChI=1S/C15H25BrN2S/c1-3-18(11(2)14-8-9-15(16)19-14)13-7-5-4-6-12(13)10-17/h8-9,11-13H,3-7,10,17H2,1-2H3. The molecule has 108 valence electrons. The molecule has 2 N–H and O–H groups in total. The van der Waals surface area contributed by atoms with Crippen molar-refractivity contribution in [3.63, 3.8) is 0 Å². The highest BCUT2D eigenvalue weighted by molar-refractivity contribution is 9.11. The molecule has 0 radical (unpaired) electrons. The van der Waals surface area contributed by atoms with Crippen LogP contribution in [0, 0.1) is 5.92 Å². The summed E-state index contributed by atoms with van der Waals surface area (Å²) in [6.07, 6.45) is 5.33. The van der Waals surface area contributed by atoms with Crippen LogP contribution in [0.1, 0.15) is 50.4 Å². The van der Waals surface area contributed by atoms with Gasteiger partial charge < -0.3 is 5.73 Å². The molecular formula is C15H25BrN2S. The van der Waals surface area contributed by atoms with E-state index in [9.17, 15) is 0 Å². The zero-order valence-corrected chi connectivity index (χ0v) is 14.3. The van der Waals surface area contributed by atoms with Gasteiger partial charge in [0.05, 0.1) is 3.79 Å².